The molecule has 2 heterocycles. The van der Waals surface area contributed by atoms with Gasteiger partial charge in [-0.25, -0.2) is 4.98 Å². The van der Waals surface area contributed by atoms with E-state index in [1.807, 2.05) is 12.4 Å². The lowest BCUT2D eigenvalue weighted by Crippen LogP contribution is -2.06. The minimum absolute atomic E-state index is 0.619. The molecule has 0 bridgehead atoms. The maximum absolute atomic E-state index is 11.8. The third-order valence-electron chi connectivity index (χ3n) is 4.21. The Hall–Kier alpha value is -1.23. The van der Waals surface area contributed by atoms with Crippen molar-refractivity contribution >= 4 is 21.8 Å². The summed E-state index contributed by atoms with van der Waals surface area (Å²) in [5.41, 5.74) is 3.42. The van der Waals surface area contributed by atoms with E-state index in [9.17, 15) is 4.21 Å². The monoisotopic (exact) mass is 335 g/mol. The van der Waals surface area contributed by atoms with Gasteiger partial charge in [0.1, 0.15) is 11.3 Å². The molecule has 1 unspecified atom stereocenters. The van der Waals surface area contributed by atoms with E-state index < -0.39 is 10.8 Å². The summed E-state index contributed by atoms with van der Waals surface area (Å²) in [5.74, 6) is 2.87. The van der Waals surface area contributed by atoms with Gasteiger partial charge in [0.15, 0.2) is 0 Å². The topological polar surface area (TPSA) is 47.8 Å². The molecular formula is C18H29N3OS. The molecule has 128 valence electrons. The Morgan fingerprint density at radius 3 is 2.61 bits per heavy atom. The fourth-order valence-electron chi connectivity index (χ4n) is 2.93. The zero-order valence-corrected chi connectivity index (χ0v) is 15.5. The van der Waals surface area contributed by atoms with Gasteiger partial charge >= 0.3 is 0 Å². The number of unbranched alkanes of at least 4 members (excludes halogenated alkanes) is 3. The molecule has 2 aromatic heterocycles. The van der Waals surface area contributed by atoms with Crippen molar-refractivity contribution < 1.29 is 4.21 Å². The van der Waals surface area contributed by atoms with E-state index in [0.717, 1.165) is 67.9 Å². The zero-order chi connectivity index (χ0) is 16.7. The van der Waals surface area contributed by atoms with Gasteiger partial charge in [-0.05, 0) is 31.7 Å². The van der Waals surface area contributed by atoms with Crippen molar-refractivity contribution in [2.75, 3.05) is 11.5 Å². The van der Waals surface area contributed by atoms with E-state index >= 15 is 0 Å². The summed E-state index contributed by atoms with van der Waals surface area (Å²) in [7, 11) is -0.619. The third kappa shape index (κ3) is 4.87. The highest BCUT2D eigenvalue weighted by Crippen LogP contribution is 2.20. The van der Waals surface area contributed by atoms with E-state index in [0.29, 0.717) is 0 Å². The number of fused-ring (bicyclic) bond motifs is 1. The van der Waals surface area contributed by atoms with Crippen molar-refractivity contribution in [1.82, 2.24) is 14.5 Å². The largest absolute Gasteiger partial charge is 0.328 e. The molecular weight excluding hydrogens is 306 g/mol. The van der Waals surface area contributed by atoms with Crippen LogP contribution in [0.15, 0.2) is 12.4 Å². The smallest absolute Gasteiger partial charge is 0.109 e. The first-order chi connectivity index (χ1) is 11.2. The third-order valence-corrected chi connectivity index (χ3v) is 5.70. The maximum Gasteiger partial charge on any atom is 0.109 e. The second-order valence-electron chi connectivity index (χ2n) is 6.12. The number of nitrogens with zero attached hydrogens (tertiary/aromatic N) is 3. The normalized spacial score (nSPS) is 12.8. The number of aryl methyl sites for hydroxylation is 3. The van der Waals surface area contributed by atoms with E-state index in [4.69, 9.17) is 4.98 Å². The summed E-state index contributed by atoms with van der Waals surface area (Å²) < 4.78 is 14.2. The van der Waals surface area contributed by atoms with Gasteiger partial charge in [0.25, 0.3) is 0 Å². The summed E-state index contributed by atoms with van der Waals surface area (Å²) in [6.07, 6.45) is 10.2. The molecule has 2 rings (SSSR count). The Morgan fingerprint density at radius 1 is 1.09 bits per heavy atom. The molecule has 0 amide bonds. The number of imidazole rings is 1. The molecule has 0 fully saturated rings. The zero-order valence-electron chi connectivity index (χ0n) is 14.7. The molecule has 0 N–H and O–H groups in total. The molecule has 0 radical (unpaired) electrons. The van der Waals surface area contributed by atoms with Crippen molar-refractivity contribution in [1.29, 1.82) is 0 Å². The Morgan fingerprint density at radius 2 is 1.87 bits per heavy atom. The number of aromatic nitrogens is 3. The van der Waals surface area contributed by atoms with E-state index in [1.54, 1.807) is 0 Å². The highest BCUT2D eigenvalue weighted by molar-refractivity contribution is 7.84. The number of hydrogen-bond donors (Lipinski definition) is 0. The Kier molecular flexibility index (Phi) is 7.21. The highest BCUT2D eigenvalue weighted by Gasteiger charge is 2.11. The summed E-state index contributed by atoms with van der Waals surface area (Å²) in [6.45, 7) is 7.39. The SMILES string of the molecule is CCCCS(=O)CCCCCn1c(CC)nc2cncc(C)c21. The molecule has 0 aromatic carbocycles. The van der Waals surface area contributed by atoms with Crippen LogP contribution in [0.3, 0.4) is 0 Å². The summed E-state index contributed by atoms with van der Waals surface area (Å²) in [6, 6.07) is 0. The van der Waals surface area contributed by atoms with E-state index in [1.165, 1.54) is 11.1 Å². The summed E-state index contributed by atoms with van der Waals surface area (Å²) in [4.78, 5) is 8.95. The molecule has 0 aliphatic carbocycles. The van der Waals surface area contributed by atoms with Crippen LogP contribution in [-0.2, 0) is 23.8 Å². The van der Waals surface area contributed by atoms with Crippen LogP contribution in [0.2, 0.25) is 0 Å². The summed E-state index contributed by atoms with van der Waals surface area (Å²) >= 11 is 0. The molecule has 5 heteroatoms. The van der Waals surface area contributed by atoms with Gasteiger partial charge < -0.3 is 4.57 Å². The lowest BCUT2D eigenvalue weighted by molar-refractivity contribution is 0.592. The van der Waals surface area contributed by atoms with Gasteiger partial charge in [-0.3, -0.25) is 9.19 Å². The first kappa shape index (κ1) is 18.1. The van der Waals surface area contributed by atoms with Gasteiger partial charge in [-0.15, -0.1) is 0 Å². The summed E-state index contributed by atoms with van der Waals surface area (Å²) in [5, 5.41) is 0. The second-order valence-corrected chi connectivity index (χ2v) is 7.82. The van der Waals surface area contributed by atoms with Crippen LogP contribution < -0.4 is 0 Å². The predicted octanol–water partition coefficient (Wildman–Crippen LogP) is 4.02. The van der Waals surface area contributed by atoms with Gasteiger partial charge in [0, 0.05) is 41.5 Å². The quantitative estimate of drug-likeness (QED) is 0.616. The molecule has 0 spiro atoms. The number of rotatable bonds is 10. The van der Waals surface area contributed by atoms with Crippen LogP contribution in [0.1, 0.15) is 57.3 Å². The Bertz CT molecular complexity index is 651. The van der Waals surface area contributed by atoms with Crippen molar-refractivity contribution in [3.63, 3.8) is 0 Å². The molecule has 2 aromatic rings. The number of hydrogen-bond acceptors (Lipinski definition) is 3. The van der Waals surface area contributed by atoms with Crippen LogP contribution in [0.4, 0.5) is 0 Å². The van der Waals surface area contributed by atoms with Crippen LogP contribution in [0.25, 0.3) is 11.0 Å². The lowest BCUT2D eigenvalue weighted by Gasteiger charge is -2.09. The van der Waals surface area contributed by atoms with Gasteiger partial charge in [-0.2, -0.15) is 0 Å². The average molecular weight is 336 g/mol. The minimum Gasteiger partial charge on any atom is -0.328 e. The van der Waals surface area contributed by atoms with Crippen LogP contribution in [0, 0.1) is 6.92 Å². The first-order valence-corrected chi connectivity index (χ1v) is 10.3. The second kappa shape index (κ2) is 9.16. The van der Waals surface area contributed by atoms with Crippen molar-refractivity contribution in [3.05, 3.63) is 23.8 Å². The molecule has 0 saturated carbocycles. The maximum atomic E-state index is 11.8. The fraction of sp³-hybridized carbons (Fsp3) is 0.667. The first-order valence-electron chi connectivity index (χ1n) is 8.82. The van der Waals surface area contributed by atoms with Crippen LogP contribution in [-0.4, -0.2) is 30.2 Å². The predicted molar refractivity (Wildman–Crippen MR) is 98.3 cm³/mol. The molecule has 1 atom stereocenters. The fourth-order valence-corrected chi connectivity index (χ4v) is 4.27. The molecule has 23 heavy (non-hydrogen) atoms. The average Bonchev–Trinajstić information content (AvgIpc) is 2.91. The standard InChI is InChI=1S/C18H29N3OS/c1-4-6-11-23(22)12-9-7-8-10-21-17(5-2)20-16-14-19-13-15(3)18(16)21/h13-14H,4-12H2,1-3H3. The molecule has 0 aliphatic rings. The van der Waals surface area contributed by atoms with E-state index in [2.05, 4.69) is 30.3 Å². The minimum atomic E-state index is -0.619. The van der Waals surface area contributed by atoms with Crippen LogP contribution >= 0.6 is 0 Å². The van der Waals surface area contributed by atoms with Crippen molar-refractivity contribution in [3.8, 4) is 0 Å². The number of pyridine rings is 1. The Labute approximate surface area is 142 Å². The molecule has 0 aliphatic heterocycles. The van der Waals surface area contributed by atoms with Crippen molar-refractivity contribution in [2.45, 2.75) is 65.8 Å². The van der Waals surface area contributed by atoms with Crippen LogP contribution in [0.5, 0.6) is 0 Å². The molecule has 4 nitrogen and oxygen atoms in total. The van der Waals surface area contributed by atoms with E-state index in [-0.39, 0.29) is 0 Å². The molecule has 0 saturated heterocycles. The Balaban J connectivity index is 1.88. The lowest BCUT2D eigenvalue weighted by atomic mass is 10.2. The van der Waals surface area contributed by atoms with Gasteiger partial charge in [0.2, 0.25) is 0 Å². The van der Waals surface area contributed by atoms with Gasteiger partial charge in [0.05, 0.1) is 11.7 Å². The van der Waals surface area contributed by atoms with Crippen molar-refractivity contribution in [2.24, 2.45) is 0 Å². The van der Waals surface area contributed by atoms with Gasteiger partial charge in [-0.1, -0.05) is 26.7 Å². The highest BCUT2D eigenvalue weighted by atomic mass is 32.2.